The van der Waals surface area contributed by atoms with E-state index in [4.69, 9.17) is 15.8 Å². The summed E-state index contributed by atoms with van der Waals surface area (Å²) in [5, 5.41) is 28.8. The van der Waals surface area contributed by atoms with Gasteiger partial charge in [0, 0.05) is 42.0 Å². The Morgan fingerprint density at radius 2 is 1.53 bits per heavy atom. The third-order valence-corrected chi connectivity index (χ3v) is 5.28. The molecule has 12 heteroatoms. The molecule has 0 aliphatic rings. The molecule has 4 rings (SSSR count). The largest absolute Gasteiger partial charge is 0.488 e. The van der Waals surface area contributed by atoms with Gasteiger partial charge in [0.1, 0.15) is 5.69 Å². The van der Waals surface area contributed by atoms with Gasteiger partial charge in [0.15, 0.2) is 5.65 Å². The minimum Gasteiger partial charge on any atom is -0.423 e. The van der Waals surface area contributed by atoms with Crippen molar-refractivity contribution in [1.82, 2.24) is 30.4 Å². The van der Waals surface area contributed by atoms with E-state index in [1.807, 2.05) is 45.9 Å². The van der Waals surface area contributed by atoms with Crippen molar-refractivity contribution in [3.63, 3.8) is 0 Å². The summed E-state index contributed by atoms with van der Waals surface area (Å²) < 4.78 is 1.66. The fraction of sp³-hybridized carbons (Fsp3) is 0.269. The Hall–Kier alpha value is -4.29. The summed E-state index contributed by atoms with van der Waals surface area (Å²) in [5.74, 6) is -0.118. The molecular weight excluding hydrogens is 485 g/mol. The van der Waals surface area contributed by atoms with Crippen molar-refractivity contribution in [2.45, 2.75) is 39.8 Å². The van der Waals surface area contributed by atoms with Crippen molar-refractivity contribution in [1.29, 1.82) is 0 Å². The van der Waals surface area contributed by atoms with Crippen LogP contribution < -0.4 is 21.8 Å². The van der Waals surface area contributed by atoms with Crippen molar-refractivity contribution >= 4 is 41.4 Å². The van der Waals surface area contributed by atoms with Gasteiger partial charge in [-0.2, -0.15) is 10.1 Å². The molecule has 198 valence electrons. The highest BCUT2D eigenvalue weighted by Gasteiger charge is 2.15. The average molecular weight is 517 g/mol. The van der Waals surface area contributed by atoms with Crippen LogP contribution in [-0.2, 0) is 7.05 Å². The van der Waals surface area contributed by atoms with E-state index in [0.29, 0.717) is 22.2 Å². The summed E-state index contributed by atoms with van der Waals surface area (Å²) in [5.41, 5.74) is 9.18. The first-order valence-electron chi connectivity index (χ1n) is 12.1. The number of benzene rings is 2. The van der Waals surface area contributed by atoms with Gasteiger partial charge in [0.05, 0.1) is 5.39 Å². The number of anilines is 1. The molecule has 0 radical (unpaired) electrons. The Bertz CT molecular complexity index is 1440. The molecule has 0 aliphatic carbocycles. The molecule has 2 aromatic heterocycles. The predicted octanol–water partition coefficient (Wildman–Crippen LogP) is 1.26. The summed E-state index contributed by atoms with van der Waals surface area (Å²) in [7, 11) is 0.255. The highest BCUT2D eigenvalue weighted by molar-refractivity contribution is 6.58. The number of rotatable bonds is 6. The van der Waals surface area contributed by atoms with Gasteiger partial charge in [-0.05, 0) is 57.4 Å². The Balaban J connectivity index is 0.000000232. The number of nitrogens with two attached hydrogens (primary N) is 1. The maximum Gasteiger partial charge on any atom is 0.488 e. The quantitative estimate of drug-likeness (QED) is 0.238. The first-order valence-corrected chi connectivity index (χ1v) is 12.1. The molecule has 0 saturated carbocycles. The number of amides is 2. The summed E-state index contributed by atoms with van der Waals surface area (Å²) in [4.78, 5) is 32.0. The monoisotopic (exact) mass is 517 g/mol. The number of fused-ring (bicyclic) bond motifs is 1. The molecule has 0 spiro atoms. The molecule has 6 N–H and O–H groups in total. The fourth-order valence-electron chi connectivity index (χ4n) is 3.60. The van der Waals surface area contributed by atoms with Crippen LogP contribution in [0.5, 0.6) is 0 Å². The number of carbonyl (C=O) groups is 2. The number of aryl methyl sites for hydroxylation is 1. The van der Waals surface area contributed by atoms with Gasteiger partial charge in [-0.15, -0.1) is 0 Å². The number of hydrogen-bond donors (Lipinski definition) is 5. The number of nitrogen functional groups attached to an aromatic ring is 1. The molecule has 2 heterocycles. The molecule has 0 fully saturated rings. The van der Waals surface area contributed by atoms with E-state index in [1.54, 1.807) is 42.2 Å². The minimum absolute atomic E-state index is 0.0557. The maximum atomic E-state index is 12.2. The molecule has 2 aromatic carbocycles. The van der Waals surface area contributed by atoms with Crippen LogP contribution in [0.4, 0.5) is 5.95 Å². The number of aromatic nitrogens is 4. The Kier molecular flexibility index (Phi) is 9.16. The van der Waals surface area contributed by atoms with Crippen LogP contribution in [0.2, 0.25) is 0 Å². The average Bonchev–Trinajstić information content (AvgIpc) is 3.19. The number of carbonyl (C=O) groups excluding carboxylic acids is 2. The summed E-state index contributed by atoms with van der Waals surface area (Å²) >= 11 is 0. The van der Waals surface area contributed by atoms with Crippen molar-refractivity contribution in [2.24, 2.45) is 7.05 Å². The Labute approximate surface area is 221 Å². The zero-order chi connectivity index (χ0) is 28.0. The van der Waals surface area contributed by atoms with Gasteiger partial charge in [-0.3, -0.25) is 9.59 Å². The topological polar surface area (TPSA) is 168 Å². The molecule has 38 heavy (non-hydrogen) atoms. The molecule has 0 aliphatic heterocycles. The lowest BCUT2D eigenvalue weighted by Gasteiger charge is -2.09. The van der Waals surface area contributed by atoms with Crippen LogP contribution in [-0.4, -0.2) is 60.8 Å². The molecule has 0 bridgehead atoms. The van der Waals surface area contributed by atoms with Crippen LogP contribution in [0.3, 0.4) is 0 Å². The molecule has 11 nitrogen and oxygen atoms in total. The maximum absolute atomic E-state index is 12.2. The molecule has 0 saturated heterocycles. The van der Waals surface area contributed by atoms with Gasteiger partial charge < -0.3 is 26.4 Å². The van der Waals surface area contributed by atoms with Crippen molar-refractivity contribution < 1.29 is 19.6 Å². The lowest BCUT2D eigenvalue weighted by molar-refractivity contribution is 0.0934. The van der Waals surface area contributed by atoms with Gasteiger partial charge in [0.2, 0.25) is 5.95 Å². The standard InChI is InChI=1S/C16H18N6O.C10H14BNO3/c1-9(2)19-15(23)11-6-4-5-10(7-11)13-12-8-18-16(17)20-14(12)22(3)21-13;1-7(2)12-10(13)8-4-3-5-9(6-8)11(14)15/h4-9H,1-3H3,(H,19,23)(H2,17,18,20);3-7,14-15H,1-2H3,(H,12,13). The first-order chi connectivity index (χ1) is 18.0. The number of hydrogen-bond acceptors (Lipinski definition) is 8. The van der Waals surface area contributed by atoms with Crippen LogP contribution in [0.15, 0.2) is 54.7 Å². The summed E-state index contributed by atoms with van der Waals surface area (Å²) in [6, 6.07) is 13.7. The minimum atomic E-state index is -1.54. The number of nitrogens with zero attached hydrogens (tertiary/aromatic N) is 4. The summed E-state index contributed by atoms with van der Waals surface area (Å²) in [6.07, 6.45) is 1.65. The summed E-state index contributed by atoms with van der Waals surface area (Å²) in [6.45, 7) is 7.58. The van der Waals surface area contributed by atoms with Crippen molar-refractivity contribution in [3.8, 4) is 11.3 Å². The highest BCUT2D eigenvalue weighted by Crippen LogP contribution is 2.27. The van der Waals surface area contributed by atoms with E-state index in [-0.39, 0.29) is 29.8 Å². The van der Waals surface area contributed by atoms with Crippen LogP contribution in [0, 0.1) is 0 Å². The molecule has 2 amide bonds. The van der Waals surface area contributed by atoms with E-state index in [2.05, 4.69) is 25.7 Å². The zero-order valence-electron chi connectivity index (χ0n) is 22.0. The zero-order valence-corrected chi connectivity index (χ0v) is 22.0. The second-order valence-electron chi connectivity index (χ2n) is 9.27. The van der Waals surface area contributed by atoms with Gasteiger partial charge in [0.25, 0.3) is 11.8 Å². The fourth-order valence-corrected chi connectivity index (χ4v) is 3.60. The third kappa shape index (κ3) is 7.14. The predicted molar refractivity (Wildman–Crippen MR) is 148 cm³/mol. The molecular formula is C26H32BN7O4. The molecule has 4 aromatic rings. The van der Waals surface area contributed by atoms with Crippen LogP contribution in [0.1, 0.15) is 48.4 Å². The van der Waals surface area contributed by atoms with E-state index < -0.39 is 7.12 Å². The number of nitrogens with one attached hydrogen (secondary N) is 2. The van der Waals surface area contributed by atoms with Gasteiger partial charge >= 0.3 is 7.12 Å². The SMILES string of the molecule is CC(C)NC(=O)c1cccc(-c2nn(C)c3nc(N)ncc23)c1.CC(C)NC(=O)c1cccc(B(O)O)c1. The third-order valence-electron chi connectivity index (χ3n) is 5.28. The van der Waals surface area contributed by atoms with E-state index in [9.17, 15) is 9.59 Å². The molecule has 0 atom stereocenters. The van der Waals surface area contributed by atoms with Gasteiger partial charge in [-0.1, -0.05) is 24.3 Å². The second-order valence-corrected chi connectivity index (χ2v) is 9.27. The lowest BCUT2D eigenvalue weighted by atomic mass is 9.79. The van der Waals surface area contributed by atoms with Crippen molar-refractivity contribution in [2.75, 3.05) is 5.73 Å². The lowest BCUT2D eigenvalue weighted by Crippen LogP contribution is -2.33. The van der Waals surface area contributed by atoms with Crippen molar-refractivity contribution in [3.05, 3.63) is 65.9 Å². The van der Waals surface area contributed by atoms with E-state index >= 15 is 0 Å². The van der Waals surface area contributed by atoms with Crippen LogP contribution >= 0.6 is 0 Å². The van der Waals surface area contributed by atoms with E-state index in [1.165, 1.54) is 6.07 Å². The first kappa shape index (κ1) is 28.3. The van der Waals surface area contributed by atoms with Crippen LogP contribution in [0.25, 0.3) is 22.3 Å². The molecule has 0 unspecified atom stereocenters. The van der Waals surface area contributed by atoms with Gasteiger partial charge in [-0.25, -0.2) is 9.67 Å². The smallest absolute Gasteiger partial charge is 0.423 e. The normalized spacial score (nSPS) is 10.8. The second kappa shape index (κ2) is 12.3. The Morgan fingerprint density at radius 3 is 2.11 bits per heavy atom. The Morgan fingerprint density at radius 1 is 0.947 bits per heavy atom. The highest BCUT2D eigenvalue weighted by atomic mass is 16.4. The van der Waals surface area contributed by atoms with E-state index in [0.717, 1.165) is 16.6 Å².